The van der Waals surface area contributed by atoms with Gasteiger partial charge in [0.1, 0.15) is 11.5 Å². The van der Waals surface area contributed by atoms with Gasteiger partial charge < -0.3 is 0 Å². The molecule has 1 aromatic carbocycles. The molecule has 3 aromatic rings. The molecule has 0 radical (unpaired) electrons. The standard InChI is InChI=1S/C15H12ClN3/c1-10-14(17-9-18-15(10)16)8-12-7-6-11-4-2-3-5-13(11)19-12/h2-7,9H,8H2,1H3. The second kappa shape index (κ2) is 4.94. The molecule has 19 heavy (non-hydrogen) atoms. The number of benzene rings is 1. The van der Waals surface area contributed by atoms with Gasteiger partial charge in [0.2, 0.25) is 0 Å². The maximum Gasteiger partial charge on any atom is 0.135 e. The Morgan fingerprint density at radius 3 is 2.79 bits per heavy atom. The first-order valence-corrected chi connectivity index (χ1v) is 6.42. The van der Waals surface area contributed by atoms with Crippen molar-refractivity contribution in [1.29, 1.82) is 0 Å². The van der Waals surface area contributed by atoms with Crippen LogP contribution in [0.3, 0.4) is 0 Å². The lowest BCUT2D eigenvalue weighted by Gasteiger charge is -2.06. The van der Waals surface area contributed by atoms with Gasteiger partial charge in [0.25, 0.3) is 0 Å². The van der Waals surface area contributed by atoms with Gasteiger partial charge in [-0.2, -0.15) is 0 Å². The van der Waals surface area contributed by atoms with Crippen molar-refractivity contribution >= 4 is 22.5 Å². The average Bonchev–Trinajstić information content (AvgIpc) is 2.44. The van der Waals surface area contributed by atoms with Crippen molar-refractivity contribution in [2.75, 3.05) is 0 Å². The number of aromatic nitrogens is 3. The molecule has 0 spiro atoms. The Kier molecular flexibility index (Phi) is 3.13. The fraction of sp³-hybridized carbons (Fsp3) is 0.133. The van der Waals surface area contributed by atoms with Crippen LogP contribution in [-0.4, -0.2) is 15.0 Å². The largest absolute Gasteiger partial charge is 0.252 e. The van der Waals surface area contributed by atoms with E-state index in [4.69, 9.17) is 11.6 Å². The third-order valence-corrected chi connectivity index (χ3v) is 3.51. The Morgan fingerprint density at radius 2 is 1.89 bits per heavy atom. The fourth-order valence-electron chi connectivity index (χ4n) is 2.02. The lowest BCUT2D eigenvalue weighted by Crippen LogP contribution is -2.00. The molecular weight excluding hydrogens is 258 g/mol. The summed E-state index contributed by atoms with van der Waals surface area (Å²) in [5.41, 5.74) is 3.82. The van der Waals surface area contributed by atoms with Gasteiger partial charge in [-0.05, 0) is 19.1 Å². The first kappa shape index (κ1) is 12.1. The van der Waals surface area contributed by atoms with Crippen LogP contribution in [0.4, 0.5) is 0 Å². The fourth-order valence-corrected chi connectivity index (χ4v) is 2.17. The summed E-state index contributed by atoms with van der Waals surface area (Å²) >= 11 is 6.00. The minimum absolute atomic E-state index is 0.505. The Labute approximate surface area is 116 Å². The number of rotatable bonds is 2. The molecule has 0 saturated heterocycles. The van der Waals surface area contributed by atoms with Crippen LogP contribution in [0.2, 0.25) is 5.15 Å². The van der Waals surface area contributed by atoms with Crippen molar-refractivity contribution < 1.29 is 0 Å². The van der Waals surface area contributed by atoms with Crippen LogP contribution < -0.4 is 0 Å². The molecule has 3 nitrogen and oxygen atoms in total. The SMILES string of the molecule is Cc1c(Cl)ncnc1Cc1ccc2ccccc2n1. The van der Waals surface area contributed by atoms with Gasteiger partial charge in [0.15, 0.2) is 0 Å². The number of pyridine rings is 1. The predicted octanol–water partition coefficient (Wildman–Crippen LogP) is 3.58. The highest BCUT2D eigenvalue weighted by Gasteiger charge is 2.07. The maximum absolute atomic E-state index is 6.00. The average molecular weight is 270 g/mol. The number of halogens is 1. The molecule has 0 aliphatic rings. The Hall–Kier alpha value is -2.00. The molecule has 0 atom stereocenters. The van der Waals surface area contributed by atoms with Gasteiger partial charge in [0.05, 0.1) is 11.2 Å². The highest BCUT2D eigenvalue weighted by molar-refractivity contribution is 6.30. The summed E-state index contributed by atoms with van der Waals surface area (Å²) in [4.78, 5) is 12.9. The van der Waals surface area contributed by atoms with Crippen LogP contribution >= 0.6 is 11.6 Å². The molecular formula is C15H12ClN3. The van der Waals surface area contributed by atoms with Crippen LogP contribution in [-0.2, 0) is 6.42 Å². The molecule has 0 saturated carbocycles. The van der Waals surface area contributed by atoms with Crippen LogP contribution in [0, 0.1) is 6.92 Å². The van der Waals surface area contributed by atoms with Crippen LogP contribution in [0.5, 0.6) is 0 Å². The van der Waals surface area contributed by atoms with Crippen LogP contribution in [0.15, 0.2) is 42.7 Å². The van der Waals surface area contributed by atoms with Gasteiger partial charge in [0, 0.05) is 23.1 Å². The van der Waals surface area contributed by atoms with E-state index in [1.54, 1.807) is 0 Å². The van der Waals surface area contributed by atoms with E-state index in [9.17, 15) is 0 Å². The van der Waals surface area contributed by atoms with Crippen molar-refractivity contribution in [3.05, 3.63) is 64.8 Å². The highest BCUT2D eigenvalue weighted by Crippen LogP contribution is 2.18. The predicted molar refractivity (Wildman–Crippen MR) is 76.3 cm³/mol. The highest BCUT2D eigenvalue weighted by atomic mass is 35.5. The molecule has 0 unspecified atom stereocenters. The molecule has 0 aliphatic heterocycles. The van der Waals surface area contributed by atoms with E-state index in [-0.39, 0.29) is 0 Å². The first-order chi connectivity index (χ1) is 9.24. The van der Waals surface area contributed by atoms with E-state index >= 15 is 0 Å². The van der Waals surface area contributed by atoms with Gasteiger partial charge in [-0.1, -0.05) is 35.9 Å². The smallest absolute Gasteiger partial charge is 0.135 e. The quantitative estimate of drug-likeness (QED) is 0.668. The van der Waals surface area contributed by atoms with E-state index in [0.29, 0.717) is 11.6 Å². The van der Waals surface area contributed by atoms with E-state index < -0.39 is 0 Å². The van der Waals surface area contributed by atoms with E-state index in [1.807, 2.05) is 31.2 Å². The molecule has 0 amide bonds. The van der Waals surface area contributed by atoms with Crippen LogP contribution in [0.25, 0.3) is 10.9 Å². The first-order valence-electron chi connectivity index (χ1n) is 6.04. The molecule has 2 heterocycles. The number of fused-ring (bicyclic) bond motifs is 1. The molecule has 4 heteroatoms. The number of nitrogens with zero attached hydrogens (tertiary/aromatic N) is 3. The number of hydrogen-bond donors (Lipinski definition) is 0. The van der Waals surface area contributed by atoms with Crippen molar-refractivity contribution in [3.8, 4) is 0 Å². The summed E-state index contributed by atoms with van der Waals surface area (Å²) < 4.78 is 0. The summed E-state index contributed by atoms with van der Waals surface area (Å²) in [7, 11) is 0. The molecule has 0 aliphatic carbocycles. The van der Waals surface area contributed by atoms with Crippen LogP contribution in [0.1, 0.15) is 17.0 Å². The molecule has 94 valence electrons. The Morgan fingerprint density at radius 1 is 1.05 bits per heavy atom. The molecule has 0 fully saturated rings. The zero-order valence-electron chi connectivity index (χ0n) is 10.5. The molecule has 0 N–H and O–H groups in total. The van der Waals surface area contributed by atoms with Gasteiger partial charge in [-0.15, -0.1) is 0 Å². The third-order valence-electron chi connectivity index (χ3n) is 3.13. The van der Waals surface area contributed by atoms with E-state index in [0.717, 1.165) is 27.9 Å². The molecule has 0 bridgehead atoms. The van der Waals surface area contributed by atoms with Gasteiger partial charge in [-0.25, -0.2) is 9.97 Å². The molecule has 3 rings (SSSR count). The normalized spacial score (nSPS) is 10.8. The monoisotopic (exact) mass is 269 g/mol. The summed E-state index contributed by atoms with van der Waals surface area (Å²) in [5, 5.41) is 1.65. The zero-order chi connectivity index (χ0) is 13.2. The van der Waals surface area contributed by atoms with Crippen molar-refractivity contribution in [2.24, 2.45) is 0 Å². The number of hydrogen-bond acceptors (Lipinski definition) is 3. The Balaban J connectivity index is 1.99. The topological polar surface area (TPSA) is 38.7 Å². The van der Waals surface area contributed by atoms with Gasteiger partial charge >= 0.3 is 0 Å². The van der Waals surface area contributed by atoms with E-state index in [1.165, 1.54) is 6.33 Å². The second-order valence-corrected chi connectivity index (χ2v) is 4.77. The Bertz CT molecular complexity index is 740. The minimum Gasteiger partial charge on any atom is -0.252 e. The van der Waals surface area contributed by atoms with Gasteiger partial charge in [-0.3, -0.25) is 4.98 Å². The molecule has 2 aromatic heterocycles. The third kappa shape index (κ3) is 2.42. The summed E-state index contributed by atoms with van der Waals surface area (Å²) in [5.74, 6) is 0. The minimum atomic E-state index is 0.505. The van der Waals surface area contributed by atoms with Crippen molar-refractivity contribution in [2.45, 2.75) is 13.3 Å². The maximum atomic E-state index is 6.00. The number of para-hydroxylation sites is 1. The summed E-state index contributed by atoms with van der Waals surface area (Å²) in [6, 6.07) is 12.2. The summed E-state index contributed by atoms with van der Waals surface area (Å²) in [6.45, 7) is 1.93. The zero-order valence-corrected chi connectivity index (χ0v) is 11.2. The van der Waals surface area contributed by atoms with Crippen molar-refractivity contribution in [1.82, 2.24) is 15.0 Å². The summed E-state index contributed by atoms with van der Waals surface area (Å²) in [6.07, 6.45) is 2.16. The second-order valence-electron chi connectivity index (χ2n) is 4.41. The van der Waals surface area contributed by atoms with Crippen molar-refractivity contribution in [3.63, 3.8) is 0 Å². The van der Waals surface area contributed by atoms with E-state index in [2.05, 4.69) is 27.1 Å². The lowest BCUT2D eigenvalue weighted by molar-refractivity contribution is 0.970. The lowest BCUT2D eigenvalue weighted by atomic mass is 10.1.